The van der Waals surface area contributed by atoms with Crippen molar-refractivity contribution >= 4 is 40.4 Å². The molecule has 0 spiro atoms. The van der Waals surface area contributed by atoms with E-state index in [4.69, 9.17) is 0 Å². The lowest BCUT2D eigenvalue weighted by Crippen LogP contribution is -2.12. The SMILES string of the molecule is CC(=O)Nc1ccc(C(=O)NI)cc1. The van der Waals surface area contributed by atoms with Crippen molar-refractivity contribution in [3.8, 4) is 0 Å². The Morgan fingerprint density at radius 2 is 1.79 bits per heavy atom. The lowest BCUT2D eigenvalue weighted by atomic mass is 10.2. The van der Waals surface area contributed by atoms with Gasteiger partial charge in [-0.3, -0.25) is 13.1 Å². The molecule has 2 N–H and O–H groups in total. The number of nitrogens with one attached hydrogen (secondary N) is 2. The van der Waals surface area contributed by atoms with Crippen LogP contribution in [-0.4, -0.2) is 11.8 Å². The third kappa shape index (κ3) is 2.99. The van der Waals surface area contributed by atoms with Gasteiger partial charge in [-0.15, -0.1) is 0 Å². The molecule has 0 aliphatic rings. The molecule has 1 aromatic carbocycles. The van der Waals surface area contributed by atoms with E-state index in [9.17, 15) is 9.59 Å². The van der Waals surface area contributed by atoms with Crippen LogP contribution in [0.5, 0.6) is 0 Å². The van der Waals surface area contributed by atoms with Gasteiger partial charge in [-0.2, -0.15) is 0 Å². The summed E-state index contributed by atoms with van der Waals surface area (Å²) < 4.78 is 2.49. The summed E-state index contributed by atoms with van der Waals surface area (Å²) in [7, 11) is 0. The first-order chi connectivity index (χ1) is 6.63. The summed E-state index contributed by atoms with van der Waals surface area (Å²) in [6.45, 7) is 1.44. The predicted octanol–water partition coefficient (Wildman–Crippen LogP) is 1.72. The summed E-state index contributed by atoms with van der Waals surface area (Å²) in [6.07, 6.45) is 0. The fraction of sp³-hybridized carbons (Fsp3) is 0.111. The van der Waals surface area contributed by atoms with Gasteiger partial charge < -0.3 is 5.32 Å². The molecule has 0 heterocycles. The largest absolute Gasteiger partial charge is 0.326 e. The van der Waals surface area contributed by atoms with E-state index in [1.165, 1.54) is 6.92 Å². The molecule has 0 saturated heterocycles. The molecule has 0 bridgehead atoms. The molecule has 74 valence electrons. The molecule has 4 nitrogen and oxygen atoms in total. The molecule has 0 radical (unpaired) electrons. The van der Waals surface area contributed by atoms with Crippen LogP contribution in [0.25, 0.3) is 0 Å². The maximum absolute atomic E-state index is 11.1. The lowest BCUT2D eigenvalue weighted by molar-refractivity contribution is -0.114. The van der Waals surface area contributed by atoms with Gasteiger partial charge in [-0.1, -0.05) is 0 Å². The van der Waals surface area contributed by atoms with Gasteiger partial charge in [0.1, 0.15) is 0 Å². The molecule has 0 aromatic heterocycles. The lowest BCUT2D eigenvalue weighted by Gasteiger charge is -2.02. The Bertz CT molecular complexity index is 348. The van der Waals surface area contributed by atoms with E-state index in [1.54, 1.807) is 47.1 Å². The van der Waals surface area contributed by atoms with Crippen molar-refractivity contribution in [2.24, 2.45) is 0 Å². The number of amides is 2. The minimum atomic E-state index is -0.153. The van der Waals surface area contributed by atoms with E-state index in [1.807, 2.05) is 0 Å². The van der Waals surface area contributed by atoms with E-state index in [0.717, 1.165) is 0 Å². The van der Waals surface area contributed by atoms with Crippen molar-refractivity contribution in [3.05, 3.63) is 29.8 Å². The smallest absolute Gasteiger partial charge is 0.259 e. The minimum absolute atomic E-state index is 0.129. The van der Waals surface area contributed by atoms with Gasteiger partial charge in [0, 0.05) is 18.2 Å². The molecular weight excluding hydrogens is 295 g/mol. The number of carbonyl (C=O) groups excluding carboxylic acids is 2. The second-order valence-corrected chi connectivity index (χ2v) is 3.22. The fourth-order valence-electron chi connectivity index (χ4n) is 0.963. The zero-order valence-electron chi connectivity index (χ0n) is 7.50. The Kier molecular flexibility index (Phi) is 3.87. The van der Waals surface area contributed by atoms with Gasteiger partial charge in [0.05, 0.1) is 22.9 Å². The van der Waals surface area contributed by atoms with Crippen molar-refractivity contribution in [2.75, 3.05) is 5.32 Å². The summed E-state index contributed by atoms with van der Waals surface area (Å²) in [5.41, 5.74) is 1.25. The highest BCUT2D eigenvalue weighted by Crippen LogP contribution is 2.09. The molecule has 0 aliphatic carbocycles. The number of carbonyl (C=O) groups is 2. The topological polar surface area (TPSA) is 58.2 Å². The Hall–Kier alpha value is -1.11. The highest BCUT2D eigenvalue weighted by Gasteiger charge is 2.02. The number of benzene rings is 1. The molecule has 0 saturated carbocycles. The standard InChI is InChI=1S/C9H9IN2O2/c1-6(13)11-8-4-2-7(3-5-8)9(14)12-10/h2-5H,1H3,(H,11,13)(H,12,14). The van der Waals surface area contributed by atoms with Gasteiger partial charge in [0.2, 0.25) is 5.91 Å². The van der Waals surface area contributed by atoms with Crippen LogP contribution in [0.1, 0.15) is 17.3 Å². The second-order valence-electron chi connectivity index (χ2n) is 2.68. The van der Waals surface area contributed by atoms with E-state index >= 15 is 0 Å². The molecule has 14 heavy (non-hydrogen) atoms. The Morgan fingerprint density at radius 1 is 1.21 bits per heavy atom. The minimum Gasteiger partial charge on any atom is -0.326 e. The van der Waals surface area contributed by atoms with Crippen LogP contribution in [0.15, 0.2) is 24.3 Å². The van der Waals surface area contributed by atoms with Crippen molar-refractivity contribution in [1.82, 2.24) is 3.53 Å². The monoisotopic (exact) mass is 304 g/mol. The number of anilines is 1. The normalized spacial score (nSPS) is 9.29. The number of hydrogen-bond acceptors (Lipinski definition) is 2. The van der Waals surface area contributed by atoms with Crippen molar-refractivity contribution in [2.45, 2.75) is 6.92 Å². The van der Waals surface area contributed by atoms with Gasteiger partial charge in [-0.25, -0.2) is 0 Å². The van der Waals surface area contributed by atoms with Crippen LogP contribution in [-0.2, 0) is 4.79 Å². The van der Waals surface area contributed by atoms with Gasteiger partial charge in [0.15, 0.2) is 0 Å². The van der Waals surface area contributed by atoms with Gasteiger partial charge in [-0.05, 0) is 24.3 Å². The highest BCUT2D eigenvalue weighted by molar-refractivity contribution is 14.1. The molecule has 2 amide bonds. The van der Waals surface area contributed by atoms with E-state index in [0.29, 0.717) is 11.3 Å². The fourth-order valence-corrected chi connectivity index (χ4v) is 1.27. The first-order valence-electron chi connectivity index (χ1n) is 3.92. The van der Waals surface area contributed by atoms with Gasteiger partial charge >= 0.3 is 0 Å². The first-order valence-corrected chi connectivity index (χ1v) is 5.00. The maximum atomic E-state index is 11.1. The summed E-state index contributed by atoms with van der Waals surface area (Å²) in [4.78, 5) is 21.8. The van der Waals surface area contributed by atoms with Crippen LogP contribution < -0.4 is 8.85 Å². The molecule has 1 rings (SSSR count). The molecule has 0 atom stereocenters. The van der Waals surface area contributed by atoms with Gasteiger partial charge in [0.25, 0.3) is 5.91 Å². The zero-order chi connectivity index (χ0) is 10.6. The average molecular weight is 304 g/mol. The molecule has 0 aliphatic heterocycles. The van der Waals surface area contributed by atoms with E-state index < -0.39 is 0 Å². The quantitative estimate of drug-likeness (QED) is 0.646. The van der Waals surface area contributed by atoms with Crippen molar-refractivity contribution in [1.29, 1.82) is 0 Å². The van der Waals surface area contributed by atoms with Crippen LogP contribution in [0.2, 0.25) is 0 Å². The molecular formula is C9H9IN2O2. The predicted molar refractivity (Wildman–Crippen MR) is 62.2 cm³/mol. The summed E-state index contributed by atoms with van der Waals surface area (Å²) in [5.74, 6) is -0.281. The maximum Gasteiger partial charge on any atom is 0.259 e. The Balaban J connectivity index is 2.78. The molecule has 1 aromatic rings. The third-order valence-corrected chi connectivity index (χ3v) is 2.04. The van der Waals surface area contributed by atoms with Crippen molar-refractivity contribution in [3.63, 3.8) is 0 Å². The van der Waals surface area contributed by atoms with Crippen LogP contribution in [0.3, 0.4) is 0 Å². The van der Waals surface area contributed by atoms with Crippen molar-refractivity contribution < 1.29 is 9.59 Å². The molecule has 0 fully saturated rings. The van der Waals surface area contributed by atoms with Crippen LogP contribution >= 0.6 is 22.9 Å². The van der Waals surface area contributed by atoms with Crippen LogP contribution in [0, 0.1) is 0 Å². The number of halogens is 1. The molecule has 0 unspecified atom stereocenters. The highest BCUT2D eigenvalue weighted by atomic mass is 127. The number of rotatable bonds is 2. The van der Waals surface area contributed by atoms with Crippen LogP contribution in [0.4, 0.5) is 5.69 Å². The van der Waals surface area contributed by atoms with E-state index in [2.05, 4.69) is 8.85 Å². The summed E-state index contributed by atoms with van der Waals surface area (Å²) >= 11 is 1.78. The molecule has 5 heteroatoms. The Morgan fingerprint density at radius 3 is 2.21 bits per heavy atom. The first kappa shape index (κ1) is 11.0. The third-order valence-electron chi connectivity index (χ3n) is 1.55. The number of hydrogen-bond donors (Lipinski definition) is 2. The van der Waals surface area contributed by atoms with E-state index in [-0.39, 0.29) is 11.8 Å². The summed E-state index contributed by atoms with van der Waals surface area (Å²) in [5, 5.41) is 2.62. The summed E-state index contributed by atoms with van der Waals surface area (Å²) in [6, 6.07) is 6.67. The zero-order valence-corrected chi connectivity index (χ0v) is 9.66. The second kappa shape index (κ2) is 4.94. The average Bonchev–Trinajstić information content (AvgIpc) is 2.17. The Labute approximate surface area is 95.6 Å².